The molecule has 0 amide bonds. The van der Waals surface area contributed by atoms with Gasteiger partial charge in [0, 0.05) is 0 Å². The minimum atomic E-state index is -4.06. The molecule has 0 aliphatic carbocycles. The van der Waals surface area contributed by atoms with Crippen LogP contribution in [0, 0.1) is 22.7 Å². The Hall–Kier alpha value is -1.64. The lowest BCUT2D eigenvalue weighted by Gasteiger charge is -2.13. The molecule has 0 radical (unpaired) electrons. The molecule has 7 nitrogen and oxygen atoms in total. The van der Waals surface area contributed by atoms with Crippen molar-refractivity contribution in [3.05, 3.63) is 0 Å². The normalized spacial score (nSPS) is 10.5. The van der Waals surface area contributed by atoms with Gasteiger partial charge in [-0.1, -0.05) is 0 Å². The summed E-state index contributed by atoms with van der Waals surface area (Å²) in [6.45, 7) is -1.05. The Balaban J connectivity index is 4.75. The van der Waals surface area contributed by atoms with Crippen molar-refractivity contribution < 1.29 is 18.3 Å². The summed E-state index contributed by atoms with van der Waals surface area (Å²) in [6.07, 6.45) is 0. The number of hydrogen-bond donors (Lipinski definition) is 1. The van der Waals surface area contributed by atoms with Crippen molar-refractivity contribution in [1.82, 2.24) is 4.31 Å². The second-order valence-corrected chi connectivity index (χ2v) is 4.20. The summed E-state index contributed by atoms with van der Waals surface area (Å²) in [7, 11) is -4.06. The Morgan fingerprint density at radius 1 is 1.29 bits per heavy atom. The van der Waals surface area contributed by atoms with Gasteiger partial charge in [-0.3, -0.25) is 4.79 Å². The lowest BCUT2D eigenvalue weighted by atomic mass is 10.6. The molecule has 0 unspecified atom stereocenters. The number of carboxylic acids is 1. The number of rotatable bonds is 5. The molecule has 0 aromatic heterocycles. The monoisotopic (exact) mass is 217 g/mol. The van der Waals surface area contributed by atoms with Gasteiger partial charge in [-0.05, 0) is 0 Å². The second kappa shape index (κ2) is 5.17. The average molecular weight is 217 g/mol. The molecule has 1 N–H and O–H groups in total. The Labute approximate surface area is 80.8 Å². The quantitative estimate of drug-likeness (QED) is 0.574. The van der Waals surface area contributed by atoms with E-state index in [0.717, 1.165) is 0 Å². The summed E-state index contributed by atoms with van der Waals surface area (Å²) in [4.78, 5) is 10.2. The standard InChI is InChI=1S/C6H7N3O4S/c7-1-3-9(4-2-8)14(12,13)5-6(10)11/h3-5H2,(H,10,11). The first-order valence-electron chi connectivity index (χ1n) is 3.37. The molecule has 0 bridgehead atoms. The van der Waals surface area contributed by atoms with Crippen LogP contribution in [-0.2, 0) is 14.8 Å². The van der Waals surface area contributed by atoms with E-state index in [1.165, 1.54) is 12.1 Å². The lowest BCUT2D eigenvalue weighted by molar-refractivity contribution is -0.134. The van der Waals surface area contributed by atoms with Gasteiger partial charge in [0.25, 0.3) is 0 Å². The minimum absolute atomic E-state index is 0.515. The van der Waals surface area contributed by atoms with Crippen molar-refractivity contribution >= 4 is 16.0 Å². The zero-order valence-electron chi connectivity index (χ0n) is 7.04. The summed E-state index contributed by atoms with van der Waals surface area (Å²) in [5.74, 6) is -2.64. The molecule has 0 aliphatic heterocycles. The van der Waals surface area contributed by atoms with Crippen LogP contribution in [0.2, 0.25) is 0 Å². The molecule has 0 spiro atoms. The van der Waals surface area contributed by atoms with Crippen LogP contribution in [0.1, 0.15) is 0 Å². The highest BCUT2D eigenvalue weighted by molar-refractivity contribution is 7.89. The van der Waals surface area contributed by atoms with Crippen LogP contribution in [0.3, 0.4) is 0 Å². The van der Waals surface area contributed by atoms with Gasteiger partial charge in [-0.2, -0.15) is 14.8 Å². The molecule has 0 aromatic carbocycles. The average Bonchev–Trinajstić information content (AvgIpc) is 2.01. The second-order valence-electron chi connectivity index (χ2n) is 2.23. The van der Waals surface area contributed by atoms with Crippen molar-refractivity contribution in [2.45, 2.75) is 0 Å². The third-order valence-corrected chi connectivity index (χ3v) is 2.85. The first-order valence-corrected chi connectivity index (χ1v) is 4.98. The molecule has 76 valence electrons. The molecule has 14 heavy (non-hydrogen) atoms. The zero-order chi connectivity index (χ0) is 11.2. The molecule has 0 rings (SSSR count). The highest BCUT2D eigenvalue weighted by Crippen LogP contribution is 1.99. The molecule has 0 saturated heterocycles. The Kier molecular flexibility index (Phi) is 4.56. The molecule has 0 aromatic rings. The van der Waals surface area contributed by atoms with Crippen LogP contribution < -0.4 is 0 Å². The van der Waals surface area contributed by atoms with Gasteiger partial charge in [0.05, 0.1) is 12.1 Å². The third kappa shape index (κ3) is 3.85. The number of carboxylic acid groups (broad SMARTS) is 1. The van der Waals surface area contributed by atoms with Gasteiger partial charge in [0.2, 0.25) is 10.0 Å². The van der Waals surface area contributed by atoms with E-state index < -0.39 is 34.8 Å². The predicted octanol–water partition coefficient (Wildman–Crippen LogP) is -1.25. The van der Waals surface area contributed by atoms with Crippen LogP contribution in [0.15, 0.2) is 0 Å². The number of hydrogen-bond acceptors (Lipinski definition) is 5. The maximum atomic E-state index is 11.2. The fourth-order valence-electron chi connectivity index (χ4n) is 0.658. The van der Waals surface area contributed by atoms with Crippen LogP contribution in [0.4, 0.5) is 0 Å². The lowest BCUT2D eigenvalue weighted by Crippen LogP contribution is -2.36. The van der Waals surface area contributed by atoms with E-state index in [4.69, 9.17) is 15.6 Å². The highest BCUT2D eigenvalue weighted by Gasteiger charge is 2.24. The first kappa shape index (κ1) is 12.4. The minimum Gasteiger partial charge on any atom is -0.480 e. The Bertz CT molecular complexity index is 372. The van der Waals surface area contributed by atoms with Crippen LogP contribution in [-0.4, -0.2) is 42.6 Å². The summed E-state index contributed by atoms with van der Waals surface area (Å²) in [6, 6.07) is 3.07. The first-order chi connectivity index (χ1) is 6.44. The van der Waals surface area contributed by atoms with Crippen molar-refractivity contribution in [2.75, 3.05) is 18.8 Å². The van der Waals surface area contributed by atoms with E-state index >= 15 is 0 Å². The molecule has 0 atom stereocenters. The van der Waals surface area contributed by atoms with Crippen LogP contribution in [0.25, 0.3) is 0 Å². The maximum absolute atomic E-state index is 11.2. The van der Waals surface area contributed by atoms with Gasteiger partial charge < -0.3 is 5.11 Å². The predicted molar refractivity (Wildman–Crippen MR) is 44.2 cm³/mol. The summed E-state index contributed by atoms with van der Waals surface area (Å²) >= 11 is 0. The topological polar surface area (TPSA) is 122 Å². The van der Waals surface area contributed by atoms with Crippen molar-refractivity contribution in [3.8, 4) is 12.1 Å². The number of sulfonamides is 1. The SMILES string of the molecule is N#CCN(CC#N)S(=O)(=O)CC(=O)O. The molecule has 0 heterocycles. The number of aliphatic carboxylic acids is 1. The molecule has 0 fully saturated rings. The highest BCUT2D eigenvalue weighted by atomic mass is 32.2. The van der Waals surface area contributed by atoms with E-state index in [-0.39, 0.29) is 0 Å². The van der Waals surface area contributed by atoms with E-state index in [1.807, 2.05) is 0 Å². The smallest absolute Gasteiger partial charge is 0.320 e. The van der Waals surface area contributed by atoms with Gasteiger partial charge in [-0.15, -0.1) is 0 Å². The molecular formula is C6H7N3O4S. The number of carbonyl (C=O) groups is 1. The fourth-order valence-corrected chi connectivity index (χ4v) is 1.66. The number of nitriles is 2. The van der Waals surface area contributed by atoms with E-state index in [1.54, 1.807) is 0 Å². The third-order valence-electron chi connectivity index (χ3n) is 1.19. The Morgan fingerprint density at radius 3 is 2.00 bits per heavy atom. The molecule has 0 saturated carbocycles. The Morgan fingerprint density at radius 2 is 1.71 bits per heavy atom. The fraction of sp³-hybridized carbons (Fsp3) is 0.500. The van der Waals surface area contributed by atoms with E-state index in [9.17, 15) is 13.2 Å². The zero-order valence-corrected chi connectivity index (χ0v) is 7.86. The number of nitrogens with zero attached hydrogens (tertiary/aromatic N) is 3. The molecule has 8 heteroatoms. The summed E-state index contributed by atoms with van der Waals surface area (Å²) in [5, 5.41) is 24.8. The van der Waals surface area contributed by atoms with Crippen LogP contribution >= 0.6 is 0 Å². The van der Waals surface area contributed by atoms with Crippen LogP contribution in [0.5, 0.6) is 0 Å². The van der Waals surface area contributed by atoms with Gasteiger partial charge >= 0.3 is 5.97 Å². The molecule has 0 aliphatic rings. The van der Waals surface area contributed by atoms with Crippen molar-refractivity contribution in [2.24, 2.45) is 0 Å². The largest absolute Gasteiger partial charge is 0.480 e. The van der Waals surface area contributed by atoms with Crippen molar-refractivity contribution in [3.63, 3.8) is 0 Å². The summed E-state index contributed by atoms with van der Waals surface area (Å²) < 4.78 is 22.8. The maximum Gasteiger partial charge on any atom is 0.320 e. The summed E-state index contributed by atoms with van der Waals surface area (Å²) in [5.41, 5.74) is 0. The van der Waals surface area contributed by atoms with Gasteiger partial charge in [0.15, 0.2) is 5.75 Å². The van der Waals surface area contributed by atoms with E-state index in [2.05, 4.69) is 0 Å². The van der Waals surface area contributed by atoms with E-state index in [0.29, 0.717) is 4.31 Å². The molecular weight excluding hydrogens is 210 g/mol. The van der Waals surface area contributed by atoms with Crippen molar-refractivity contribution in [1.29, 1.82) is 10.5 Å². The van der Waals surface area contributed by atoms with Gasteiger partial charge in [0.1, 0.15) is 13.1 Å². The van der Waals surface area contributed by atoms with Gasteiger partial charge in [-0.25, -0.2) is 8.42 Å².